The molecule has 1 saturated heterocycles. The van der Waals surface area contributed by atoms with Crippen molar-refractivity contribution in [3.8, 4) is 0 Å². The smallest absolute Gasteiger partial charge is 0.188 e. The summed E-state index contributed by atoms with van der Waals surface area (Å²) in [7, 11) is 1.82. The molecule has 0 aromatic carbocycles. The van der Waals surface area contributed by atoms with Crippen molar-refractivity contribution in [3.05, 3.63) is 5.82 Å². The maximum atomic E-state index is 4.32. The topological polar surface area (TPSA) is 58.9 Å². The molecule has 1 aliphatic heterocycles. The van der Waals surface area contributed by atoms with Gasteiger partial charge in [-0.2, -0.15) is 4.80 Å². The highest BCUT2D eigenvalue weighted by Crippen LogP contribution is 2.19. The van der Waals surface area contributed by atoms with Crippen molar-refractivity contribution >= 4 is 0 Å². The predicted molar refractivity (Wildman–Crippen MR) is 79.1 cm³/mol. The van der Waals surface area contributed by atoms with Crippen LogP contribution in [0.2, 0.25) is 0 Å². The summed E-state index contributed by atoms with van der Waals surface area (Å²) >= 11 is 0. The number of hydrogen-bond donors (Lipinski definition) is 1. The number of nitrogens with one attached hydrogen (secondary N) is 1. The molecule has 0 bridgehead atoms. The number of hydrogen-bond acceptors (Lipinski definition) is 5. The van der Waals surface area contributed by atoms with Gasteiger partial charge in [0.15, 0.2) is 5.82 Å². The summed E-state index contributed by atoms with van der Waals surface area (Å²) in [6.07, 6.45) is 3.65. The third-order valence-corrected chi connectivity index (χ3v) is 4.41. The molecule has 1 aliphatic rings. The van der Waals surface area contributed by atoms with Crippen LogP contribution in [0.1, 0.15) is 45.9 Å². The highest BCUT2D eigenvalue weighted by atomic mass is 15.6. The first-order chi connectivity index (χ1) is 9.63. The molecule has 0 radical (unpaired) electrons. The second kappa shape index (κ2) is 7.13. The summed E-state index contributed by atoms with van der Waals surface area (Å²) in [6.45, 7) is 9.81. The average molecular weight is 280 g/mol. The molecule has 0 saturated carbocycles. The Morgan fingerprint density at radius 1 is 1.40 bits per heavy atom. The van der Waals surface area contributed by atoms with Gasteiger partial charge in [-0.3, -0.25) is 4.90 Å². The van der Waals surface area contributed by atoms with Crippen molar-refractivity contribution in [3.63, 3.8) is 0 Å². The molecular formula is C14H28N6. The van der Waals surface area contributed by atoms with Crippen LogP contribution in [0.25, 0.3) is 0 Å². The number of aromatic nitrogens is 4. The molecule has 6 nitrogen and oxygen atoms in total. The van der Waals surface area contributed by atoms with E-state index in [4.69, 9.17) is 0 Å². The lowest BCUT2D eigenvalue weighted by molar-refractivity contribution is 0.0934. The van der Waals surface area contributed by atoms with Gasteiger partial charge in [-0.1, -0.05) is 33.6 Å². The van der Waals surface area contributed by atoms with Crippen LogP contribution in [0.5, 0.6) is 0 Å². The Labute approximate surface area is 121 Å². The van der Waals surface area contributed by atoms with E-state index < -0.39 is 0 Å². The minimum absolute atomic E-state index is 0.574. The maximum absolute atomic E-state index is 4.32. The van der Waals surface area contributed by atoms with Crippen LogP contribution in [-0.2, 0) is 13.6 Å². The molecule has 3 unspecified atom stereocenters. The molecule has 1 aromatic heterocycles. The maximum Gasteiger partial charge on any atom is 0.188 e. The molecule has 1 N–H and O–H groups in total. The lowest BCUT2D eigenvalue weighted by Gasteiger charge is -2.42. The van der Waals surface area contributed by atoms with Gasteiger partial charge in [0, 0.05) is 25.2 Å². The molecule has 20 heavy (non-hydrogen) atoms. The Morgan fingerprint density at radius 2 is 2.20 bits per heavy atom. The zero-order valence-corrected chi connectivity index (χ0v) is 13.2. The minimum Gasteiger partial charge on any atom is -0.311 e. The fourth-order valence-electron chi connectivity index (χ4n) is 2.93. The van der Waals surface area contributed by atoms with Gasteiger partial charge in [-0.05, 0) is 17.6 Å². The van der Waals surface area contributed by atoms with Crippen LogP contribution in [-0.4, -0.2) is 50.3 Å². The standard InChI is InChI=1S/C14H28N6/c1-5-7-12-8-15-13(11(3)6-2)9-20(12)10-14-16-18-19(4)17-14/h11-13,15H,5-10H2,1-4H3. The largest absolute Gasteiger partial charge is 0.311 e. The van der Waals surface area contributed by atoms with E-state index >= 15 is 0 Å². The highest BCUT2D eigenvalue weighted by molar-refractivity contribution is 4.90. The fourth-order valence-corrected chi connectivity index (χ4v) is 2.93. The van der Waals surface area contributed by atoms with Crippen molar-refractivity contribution in [2.45, 2.75) is 58.7 Å². The first kappa shape index (κ1) is 15.4. The number of tetrazole rings is 1. The first-order valence-corrected chi connectivity index (χ1v) is 7.84. The van der Waals surface area contributed by atoms with Crippen LogP contribution < -0.4 is 5.32 Å². The summed E-state index contributed by atoms with van der Waals surface area (Å²) in [4.78, 5) is 4.08. The Bertz CT molecular complexity index is 404. The fraction of sp³-hybridized carbons (Fsp3) is 0.929. The molecule has 0 aliphatic carbocycles. The monoisotopic (exact) mass is 280 g/mol. The van der Waals surface area contributed by atoms with Gasteiger partial charge < -0.3 is 5.32 Å². The molecule has 114 valence electrons. The normalized spacial score (nSPS) is 25.8. The second-order valence-corrected chi connectivity index (χ2v) is 5.97. The van der Waals surface area contributed by atoms with E-state index in [1.807, 2.05) is 7.05 Å². The second-order valence-electron chi connectivity index (χ2n) is 5.97. The molecule has 1 aromatic rings. The van der Waals surface area contributed by atoms with E-state index in [1.54, 1.807) is 4.80 Å². The summed E-state index contributed by atoms with van der Waals surface area (Å²) < 4.78 is 0. The van der Waals surface area contributed by atoms with Crippen molar-refractivity contribution < 1.29 is 0 Å². The number of nitrogens with zero attached hydrogens (tertiary/aromatic N) is 5. The highest BCUT2D eigenvalue weighted by Gasteiger charge is 2.30. The van der Waals surface area contributed by atoms with E-state index in [0.29, 0.717) is 18.0 Å². The first-order valence-electron chi connectivity index (χ1n) is 7.84. The summed E-state index contributed by atoms with van der Waals surface area (Å²) in [5.74, 6) is 1.54. The number of rotatable bonds is 6. The van der Waals surface area contributed by atoms with Crippen LogP contribution in [0.3, 0.4) is 0 Å². The van der Waals surface area contributed by atoms with Gasteiger partial charge in [0.25, 0.3) is 0 Å². The molecule has 2 rings (SSSR count). The summed E-state index contributed by atoms with van der Waals surface area (Å²) in [5, 5.41) is 16.1. The lowest BCUT2D eigenvalue weighted by atomic mass is 9.94. The third-order valence-electron chi connectivity index (χ3n) is 4.41. The summed E-state index contributed by atoms with van der Waals surface area (Å²) in [6, 6.07) is 1.16. The predicted octanol–water partition coefficient (Wildman–Crippen LogP) is 1.20. The Balaban J connectivity index is 2.02. The third kappa shape index (κ3) is 3.76. The van der Waals surface area contributed by atoms with Gasteiger partial charge in [0.2, 0.25) is 0 Å². The lowest BCUT2D eigenvalue weighted by Crippen LogP contribution is -2.57. The molecule has 2 heterocycles. The van der Waals surface area contributed by atoms with E-state index in [2.05, 4.69) is 46.4 Å². The molecule has 0 spiro atoms. The van der Waals surface area contributed by atoms with Gasteiger partial charge in [-0.25, -0.2) is 0 Å². The van der Waals surface area contributed by atoms with E-state index in [1.165, 1.54) is 19.3 Å². The molecule has 1 fully saturated rings. The van der Waals surface area contributed by atoms with Crippen LogP contribution in [0.15, 0.2) is 0 Å². The summed E-state index contributed by atoms with van der Waals surface area (Å²) in [5.41, 5.74) is 0. The average Bonchev–Trinajstić information content (AvgIpc) is 2.85. The van der Waals surface area contributed by atoms with Crippen molar-refractivity contribution in [2.75, 3.05) is 13.1 Å². The SMILES string of the molecule is CCCC1CNC(C(C)CC)CN1Cc1nnn(C)n1. The Hall–Kier alpha value is -1.01. The Morgan fingerprint density at radius 3 is 2.80 bits per heavy atom. The van der Waals surface area contributed by atoms with E-state index in [9.17, 15) is 0 Å². The minimum atomic E-state index is 0.574. The zero-order chi connectivity index (χ0) is 14.5. The number of piperazine rings is 1. The molecule has 0 amide bonds. The Kier molecular flexibility index (Phi) is 5.48. The van der Waals surface area contributed by atoms with Gasteiger partial charge in [0.1, 0.15) is 0 Å². The van der Waals surface area contributed by atoms with Gasteiger partial charge in [0.05, 0.1) is 13.6 Å². The van der Waals surface area contributed by atoms with Crippen LogP contribution in [0.4, 0.5) is 0 Å². The molecule has 6 heteroatoms. The van der Waals surface area contributed by atoms with Crippen LogP contribution in [0, 0.1) is 5.92 Å². The van der Waals surface area contributed by atoms with E-state index in [-0.39, 0.29) is 0 Å². The molecule has 3 atom stereocenters. The molecular weight excluding hydrogens is 252 g/mol. The van der Waals surface area contributed by atoms with Crippen molar-refractivity contribution in [2.24, 2.45) is 13.0 Å². The van der Waals surface area contributed by atoms with Gasteiger partial charge in [-0.15, -0.1) is 10.2 Å². The van der Waals surface area contributed by atoms with Crippen molar-refractivity contribution in [1.29, 1.82) is 0 Å². The van der Waals surface area contributed by atoms with Crippen LogP contribution >= 0.6 is 0 Å². The number of aryl methyl sites for hydroxylation is 1. The van der Waals surface area contributed by atoms with Gasteiger partial charge >= 0.3 is 0 Å². The quantitative estimate of drug-likeness (QED) is 0.848. The van der Waals surface area contributed by atoms with Crippen molar-refractivity contribution in [1.82, 2.24) is 30.4 Å². The van der Waals surface area contributed by atoms with E-state index in [0.717, 1.165) is 25.5 Å². The zero-order valence-electron chi connectivity index (χ0n) is 13.2.